The summed E-state index contributed by atoms with van der Waals surface area (Å²) in [6.45, 7) is -0.259. The van der Waals surface area contributed by atoms with Gasteiger partial charge in [-0.25, -0.2) is 22.0 Å². The Morgan fingerprint density at radius 2 is 1.41 bits per heavy atom. The molecule has 13 heteroatoms. The number of carbonyl (C=O) groups is 2. The molecule has 3 aromatic carbocycles. The molecule has 6 nitrogen and oxygen atoms in total. The number of nitrogens with one attached hydrogen (secondary N) is 1. The van der Waals surface area contributed by atoms with Crippen LogP contribution in [0.25, 0.3) is 0 Å². The van der Waals surface area contributed by atoms with Crippen LogP contribution in [0.4, 0.5) is 30.7 Å². The van der Waals surface area contributed by atoms with Crippen molar-refractivity contribution in [2.24, 2.45) is 10.8 Å². The van der Waals surface area contributed by atoms with E-state index in [9.17, 15) is 40.3 Å². The third kappa shape index (κ3) is 5.79. The second-order valence-electron chi connectivity index (χ2n) is 11.2. The molecule has 234 valence electrons. The molecule has 0 radical (unpaired) electrons. The molecule has 44 heavy (non-hydrogen) atoms. The van der Waals surface area contributed by atoms with Gasteiger partial charge >= 0.3 is 5.97 Å². The SMILES string of the molecule is COc1ccc(COc2c(F)cc(C(=O)NC[C@]34CC[C@](C(=O)Oc5cc(F)c(F)c(F)c5F)(CC3)CC4)c(F)c2F)cc1. The van der Waals surface area contributed by atoms with Gasteiger partial charge in [-0.15, -0.1) is 0 Å². The van der Waals surface area contributed by atoms with Gasteiger partial charge in [0, 0.05) is 12.6 Å². The number of fused-ring (bicyclic) bond motifs is 3. The highest BCUT2D eigenvalue weighted by Crippen LogP contribution is 2.57. The van der Waals surface area contributed by atoms with Gasteiger partial charge in [0.25, 0.3) is 5.91 Å². The summed E-state index contributed by atoms with van der Waals surface area (Å²) in [7, 11) is 1.47. The zero-order valence-corrected chi connectivity index (χ0v) is 23.3. The van der Waals surface area contributed by atoms with Crippen molar-refractivity contribution in [3.05, 3.63) is 88.2 Å². The van der Waals surface area contributed by atoms with Gasteiger partial charge in [-0.3, -0.25) is 9.59 Å². The molecule has 0 aromatic heterocycles. The second kappa shape index (κ2) is 12.0. The molecule has 0 atom stereocenters. The van der Waals surface area contributed by atoms with Gasteiger partial charge in [-0.1, -0.05) is 12.1 Å². The number of hydrogen-bond donors (Lipinski definition) is 1. The summed E-state index contributed by atoms with van der Waals surface area (Å²) in [6.07, 6.45) is 1.81. The summed E-state index contributed by atoms with van der Waals surface area (Å²) in [5.74, 6) is -15.6. The van der Waals surface area contributed by atoms with Crippen molar-refractivity contribution >= 4 is 11.9 Å². The standard InChI is InChI=1S/C31H26F7NO5/c1-42-17-4-2-16(3-5-17)14-43-27-20(33)12-18(22(34)26(27)38)28(40)39-15-30-6-9-31(10-7-30,11-8-30)29(41)44-21-13-19(32)23(35)25(37)24(21)36/h2-5,12-13H,6-11,14-15H2,1H3,(H,39,40)/t30-,31+. The molecule has 0 saturated heterocycles. The van der Waals surface area contributed by atoms with Gasteiger partial charge < -0.3 is 19.5 Å². The Bertz CT molecular complexity index is 1590. The minimum Gasteiger partial charge on any atom is -0.497 e. The van der Waals surface area contributed by atoms with Gasteiger partial charge in [-0.2, -0.15) is 8.78 Å². The van der Waals surface area contributed by atoms with E-state index in [2.05, 4.69) is 5.32 Å². The quantitative estimate of drug-likeness (QED) is 0.0919. The summed E-state index contributed by atoms with van der Waals surface area (Å²) < 4.78 is 114. The molecule has 3 saturated carbocycles. The molecule has 3 aromatic rings. The van der Waals surface area contributed by atoms with E-state index in [1.807, 2.05) is 0 Å². The summed E-state index contributed by atoms with van der Waals surface area (Å²) in [4.78, 5) is 25.7. The lowest BCUT2D eigenvalue weighted by molar-refractivity contribution is -0.155. The monoisotopic (exact) mass is 625 g/mol. The van der Waals surface area contributed by atoms with Crippen molar-refractivity contribution in [1.82, 2.24) is 5.32 Å². The molecule has 0 unspecified atom stereocenters. The van der Waals surface area contributed by atoms with E-state index in [0.717, 1.165) is 0 Å². The number of amides is 1. The zero-order chi connectivity index (χ0) is 31.8. The third-order valence-corrected chi connectivity index (χ3v) is 8.63. The molecule has 0 aliphatic heterocycles. The van der Waals surface area contributed by atoms with E-state index in [1.54, 1.807) is 24.3 Å². The zero-order valence-electron chi connectivity index (χ0n) is 23.3. The molecule has 6 rings (SSSR count). The predicted molar refractivity (Wildman–Crippen MR) is 140 cm³/mol. The highest BCUT2D eigenvalue weighted by atomic mass is 19.2. The van der Waals surface area contributed by atoms with Crippen LogP contribution in [0.2, 0.25) is 0 Å². The average Bonchev–Trinajstić information content (AvgIpc) is 3.04. The largest absolute Gasteiger partial charge is 0.497 e. The number of carbonyl (C=O) groups excluding carboxylic acids is 2. The van der Waals surface area contributed by atoms with E-state index in [0.29, 0.717) is 36.6 Å². The maximum atomic E-state index is 14.8. The molecule has 1 N–H and O–H groups in total. The molecule has 3 aliphatic carbocycles. The Morgan fingerprint density at radius 3 is 2.02 bits per heavy atom. The number of rotatable bonds is 9. The first kappa shape index (κ1) is 31.1. The summed E-state index contributed by atoms with van der Waals surface area (Å²) in [5.41, 5.74) is -1.92. The van der Waals surface area contributed by atoms with Gasteiger partial charge in [0.15, 0.2) is 34.8 Å². The van der Waals surface area contributed by atoms with E-state index >= 15 is 0 Å². The van der Waals surface area contributed by atoms with Gasteiger partial charge in [0.05, 0.1) is 18.1 Å². The lowest BCUT2D eigenvalue weighted by Gasteiger charge is -2.51. The minimum atomic E-state index is -2.10. The number of esters is 1. The van der Waals surface area contributed by atoms with Crippen molar-refractivity contribution in [2.45, 2.75) is 45.1 Å². The van der Waals surface area contributed by atoms with Crippen molar-refractivity contribution in [3.63, 3.8) is 0 Å². The van der Waals surface area contributed by atoms with Crippen LogP contribution >= 0.6 is 0 Å². The summed E-state index contributed by atoms with van der Waals surface area (Å²) in [5, 5.41) is 2.53. The fourth-order valence-corrected chi connectivity index (χ4v) is 5.78. The van der Waals surface area contributed by atoms with Gasteiger partial charge in [-0.05, 0) is 67.7 Å². The lowest BCUT2D eigenvalue weighted by Crippen LogP contribution is -2.51. The molecule has 3 fully saturated rings. The average molecular weight is 626 g/mol. The van der Waals surface area contributed by atoms with Crippen LogP contribution in [0.3, 0.4) is 0 Å². The second-order valence-corrected chi connectivity index (χ2v) is 11.2. The van der Waals surface area contributed by atoms with Gasteiger partial charge in [0.1, 0.15) is 12.4 Å². The topological polar surface area (TPSA) is 73.9 Å². The maximum Gasteiger partial charge on any atom is 0.317 e. The van der Waals surface area contributed by atoms with Crippen LogP contribution in [0.1, 0.15) is 54.4 Å². The molecular formula is C31H26F7NO5. The van der Waals surface area contributed by atoms with Crippen LogP contribution in [-0.4, -0.2) is 25.5 Å². The number of methoxy groups -OCH3 is 1. The smallest absolute Gasteiger partial charge is 0.317 e. The summed E-state index contributed by atoms with van der Waals surface area (Å²) in [6, 6.07) is 7.24. The number of benzene rings is 3. The maximum absolute atomic E-state index is 14.8. The first-order chi connectivity index (χ1) is 20.9. The highest BCUT2D eigenvalue weighted by Gasteiger charge is 2.53. The van der Waals surface area contributed by atoms with E-state index in [4.69, 9.17) is 14.2 Å². The summed E-state index contributed by atoms with van der Waals surface area (Å²) >= 11 is 0. The van der Waals surface area contributed by atoms with Crippen molar-refractivity contribution < 1.29 is 54.5 Å². The third-order valence-electron chi connectivity index (χ3n) is 8.63. The molecular weight excluding hydrogens is 599 g/mol. The van der Waals surface area contributed by atoms with Crippen molar-refractivity contribution in [1.29, 1.82) is 0 Å². The molecule has 0 heterocycles. The number of ether oxygens (including phenoxy) is 3. The Balaban J connectivity index is 1.19. The lowest BCUT2D eigenvalue weighted by atomic mass is 9.53. The fraction of sp³-hybridized carbons (Fsp3) is 0.355. The molecule has 3 aliphatic rings. The minimum absolute atomic E-state index is 0.0123. The van der Waals surface area contributed by atoms with Crippen molar-refractivity contribution in [3.8, 4) is 17.2 Å². The predicted octanol–water partition coefficient (Wildman–Crippen LogP) is 6.92. The van der Waals surface area contributed by atoms with Crippen molar-refractivity contribution in [2.75, 3.05) is 13.7 Å². The first-order valence-electron chi connectivity index (χ1n) is 13.7. The van der Waals surface area contributed by atoms with Gasteiger partial charge in [0.2, 0.25) is 17.5 Å². The highest BCUT2D eigenvalue weighted by molar-refractivity contribution is 5.94. The van der Waals surface area contributed by atoms with Crippen LogP contribution in [0.15, 0.2) is 36.4 Å². The first-order valence-corrected chi connectivity index (χ1v) is 13.7. The normalized spacial score (nSPS) is 20.7. The molecule has 1 amide bonds. The Labute approximate surface area is 247 Å². The molecule has 0 spiro atoms. The van der Waals surface area contributed by atoms with Crippen LogP contribution in [0, 0.1) is 51.6 Å². The number of hydrogen-bond acceptors (Lipinski definition) is 5. The number of halogens is 7. The van der Waals surface area contributed by atoms with Crippen LogP contribution in [0.5, 0.6) is 17.2 Å². The molecule has 2 bridgehead atoms. The Hall–Kier alpha value is -4.29. The Morgan fingerprint density at radius 1 is 0.773 bits per heavy atom. The van der Waals surface area contributed by atoms with E-state index in [1.165, 1.54) is 7.11 Å². The Kier molecular flexibility index (Phi) is 8.50. The van der Waals surface area contributed by atoms with Crippen LogP contribution < -0.4 is 19.5 Å². The van der Waals surface area contributed by atoms with E-state index in [-0.39, 0.29) is 38.5 Å². The fourth-order valence-electron chi connectivity index (χ4n) is 5.78. The van der Waals surface area contributed by atoms with E-state index < -0.39 is 80.5 Å². The van der Waals surface area contributed by atoms with Crippen LogP contribution in [-0.2, 0) is 11.4 Å².